The summed E-state index contributed by atoms with van der Waals surface area (Å²) in [7, 11) is 0. The van der Waals surface area contributed by atoms with E-state index in [-0.39, 0.29) is 6.47 Å². The van der Waals surface area contributed by atoms with Gasteiger partial charge in [0, 0.05) is 37.3 Å². The molecule has 1 aromatic heterocycles. The van der Waals surface area contributed by atoms with Crippen LogP contribution in [0.4, 0.5) is 5.13 Å². The number of aromatic nitrogens is 1. The van der Waals surface area contributed by atoms with Gasteiger partial charge in [-0.1, -0.05) is 30.3 Å². The number of piperidine rings is 1. The van der Waals surface area contributed by atoms with Crippen molar-refractivity contribution in [1.82, 2.24) is 9.88 Å². The van der Waals surface area contributed by atoms with Crippen molar-refractivity contribution in [1.29, 1.82) is 0 Å². The summed E-state index contributed by atoms with van der Waals surface area (Å²) in [6.07, 6.45) is 4.28. The van der Waals surface area contributed by atoms with E-state index >= 15 is 0 Å². The molecule has 0 unspecified atom stereocenters. The number of likely N-dealkylation sites (tertiary alicyclic amines) is 1. The zero-order chi connectivity index (χ0) is 22.3. The van der Waals surface area contributed by atoms with Gasteiger partial charge in [0.1, 0.15) is 5.41 Å². The number of hydrogen-bond donors (Lipinski definition) is 3. The van der Waals surface area contributed by atoms with Crippen LogP contribution in [0.2, 0.25) is 0 Å². The van der Waals surface area contributed by atoms with Crippen LogP contribution >= 0.6 is 11.3 Å². The molecule has 4 rings (SSSR count). The molecule has 2 fully saturated rings. The fourth-order valence-electron chi connectivity index (χ4n) is 4.32. The third kappa shape index (κ3) is 5.61. The van der Waals surface area contributed by atoms with Crippen LogP contribution in [0.3, 0.4) is 0 Å². The maximum atomic E-state index is 12.1. The number of carboxylic acids is 1. The lowest BCUT2D eigenvalue weighted by atomic mass is 9.71. The number of nitrogens with zero attached hydrogens (tertiary/aromatic N) is 3. The monoisotopic (exact) mass is 447 g/mol. The molecule has 0 saturated carbocycles. The van der Waals surface area contributed by atoms with Gasteiger partial charge in [0.2, 0.25) is 0 Å². The first-order valence-corrected chi connectivity index (χ1v) is 11.3. The molecule has 3 N–H and O–H groups in total. The first kappa shape index (κ1) is 23.2. The molecule has 0 radical (unpaired) electrons. The summed E-state index contributed by atoms with van der Waals surface area (Å²) in [4.78, 5) is 30.7. The summed E-state index contributed by atoms with van der Waals surface area (Å²) in [5, 5.41) is 28.7. The predicted molar refractivity (Wildman–Crippen MR) is 118 cm³/mol. The van der Waals surface area contributed by atoms with E-state index in [0.29, 0.717) is 32.5 Å². The van der Waals surface area contributed by atoms with E-state index in [1.807, 2.05) is 36.5 Å². The van der Waals surface area contributed by atoms with E-state index in [1.54, 1.807) is 11.3 Å². The van der Waals surface area contributed by atoms with E-state index in [2.05, 4.69) is 14.8 Å². The molecule has 2 aliphatic heterocycles. The van der Waals surface area contributed by atoms with Crippen LogP contribution in [0.25, 0.3) is 0 Å². The second kappa shape index (κ2) is 10.7. The van der Waals surface area contributed by atoms with Gasteiger partial charge in [0.15, 0.2) is 5.13 Å². The minimum atomic E-state index is -1.12. The molecule has 2 aliphatic rings. The number of anilines is 1. The number of thiazole rings is 1. The summed E-state index contributed by atoms with van der Waals surface area (Å²) < 4.78 is 0. The Kier molecular flexibility index (Phi) is 8.00. The quantitative estimate of drug-likeness (QED) is 0.578. The SMILES string of the molecule is O=C(O)[C@@]1(Cc2ccccc2)CCN(Cc2cnc(N3CCCC3)s2)C[C@@H]1O.O=CO. The molecule has 0 spiro atoms. The highest BCUT2D eigenvalue weighted by Gasteiger charge is 2.48. The third-order valence-corrected chi connectivity index (χ3v) is 7.07. The van der Waals surface area contributed by atoms with E-state index < -0.39 is 17.5 Å². The van der Waals surface area contributed by atoms with Crippen molar-refractivity contribution in [2.24, 2.45) is 5.41 Å². The van der Waals surface area contributed by atoms with Crippen LogP contribution in [0.1, 0.15) is 29.7 Å². The number of aliphatic carboxylic acids is 1. The van der Waals surface area contributed by atoms with E-state index in [9.17, 15) is 15.0 Å². The van der Waals surface area contributed by atoms with E-state index in [4.69, 9.17) is 9.90 Å². The normalized spacial score (nSPS) is 23.8. The van der Waals surface area contributed by atoms with Crippen molar-refractivity contribution in [2.75, 3.05) is 31.1 Å². The Labute approximate surface area is 185 Å². The summed E-state index contributed by atoms with van der Waals surface area (Å²) in [6, 6.07) is 9.60. The number of aliphatic hydroxyl groups excluding tert-OH is 1. The summed E-state index contributed by atoms with van der Waals surface area (Å²) >= 11 is 1.71. The van der Waals surface area contributed by atoms with Crippen LogP contribution in [-0.2, 0) is 22.6 Å². The topological polar surface area (TPSA) is 114 Å². The van der Waals surface area contributed by atoms with Crippen LogP contribution in [-0.4, -0.2) is 69.9 Å². The fraction of sp³-hybridized carbons (Fsp3) is 0.500. The number of carbonyl (C=O) groups is 2. The first-order chi connectivity index (χ1) is 15.0. The van der Waals surface area contributed by atoms with Gasteiger partial charge in [-0.2, -0.15) is 0 Å². The largest absolute Gasteiger partial charge is 0.483 e. The number of hydrogen-bond acceptors (Lipinski definition) is 7. The highest BCUT2D eigenvalue weighted by atomic mass is 32.1. The van der Waals surface area contributed by atoms with Crippen molar-refractivity contribution in [3.05, 3.63) is 47.0 Å². The molecule has 168 valence electrons. The lowest BCUT2D eigenvalue weighted by molar-refractivity contribution is -0.163. The molecule has 9 heteroatoms. The van der Waals surface area contributed by atoms with Crippen molar-refractivity contribution >= 4 is 28.9 Å². The lowest BCUT2D eigenvalue weighted by Crippen LogP contribution is -2.55. The maximum absolute atomic E-state index is 12.1. The smallest absolute Gasteiger partial charge is 0.312 e. The summed E-state index contributed by atoms with van der Waals surface area (Å²) in [5.41, 5.74) is -0.165. The zero-order valence-corrected chi connectivity index (χ0v) is 18.2. The maximum Gasteiger partial charge on any atom is 0.312 e. The molecule has 1 aromatic carbocycles. The number of benzene rings is 1. The van der Waals surface area contributed by atoms with Crippen LogP contribution < -0.4 is 4.90 Å². The average molecular weight is 448 g/mol. The Bertz CT molecular complexity index is 856. The molecule has 0 amide bonds. The minimum absolute atomic E-state index is 0.250. The highest BCUT2D eigenvalue weighted by molar-refractivity contribution is 7.15. The number of rotatable bonds is 6. The Hall–Kier alpha value is -2.49. The highest BCUT2D eigenvalue weighted by Crippen LogP contribution is 2.37. The van der Waals surface area contributed by atoms with Crippen LogP contribution in [0.15, 0.2) is 36.5 Å². The molecule has 31 heavy (non-hydrogen) atoms. The summed E-state index contributed by atoms with van der Waals surface area (Å²) in [5.74, 6) is -0.905. The molecule has 2 atom stereocenters. The second-order valence-electron chi connectivity index (χ2n) is 8.03. The molecular formula is C22H29N3O5S. The lowest BCUT2D eigenvalue weighted by Gasteiger charge is -2.42. The molecule has 0 aliphatic carbocycles. The Morgan fingerprint density at radius 1 is 1.23 bits per heavy atom. The Balaban J connectivity index is 0.000000858. The Morgan fingerprint density at radius 2 is 1.90 bits per heavy atom. The molecule has 8 nitrogen and oxygen atoms in total. The first-order valence-electron chi connectivity index (χ1n) is 10.4. The van der Waals surface area contributed by atoms with Gasteiger partial charge in [0.25, 0.3) is 6.47 Å². The zero-order valence-electron chi connectivity index (χ0n) is 17.4. The molecule has 2 saturated heterocycles. The van der Waals surface area contributed by atoms with Gasteiger partial charge in [-0.3, -0.25) is 14.5 Å². The molecule has 2 aromatic rings. The van der Waals surface area contributed by atoms with Gasteiger partial charge in [-0.05, 0) is 37.8 Å². The van der Waals surface area contributed by atoms with Gasteiger partial charge in [-0.15, -0.1) is 11.3 Å². The van der Waals surface area contributed by atoms with Crippen molar-refractivity contribution in [2.45, 2.75) is 38.3 Å². The van der Waals surface area contributed by atoms with E-state index in [1.165, 1.54) is 17.7 Å². The van der Waals surface area contributed by atoms with Crippen LogP contribution in [0.5, 0.6) is 0 Å². The average Bonchev–Trinajstić information content (AvgIpc) is 3.43. The van der Waals surface area contributed by atoms with Gasteiger partial charge in [-0.25, -0.2) is 4.98 Å². The van der Waals surface area contributed by atoms with E-state index in [0.717, 1.165) is 23.8 Å². The predicted octanol–water partition coefficient (Wildman–Crippen LogP) is 2.32. The van der Waals surface area contributed by atoms with Crippen LogP contribution in [0, 0.1) is 5.41 Å². The number of β-amino-alcohol motifs (C(OH)–C–C–N with tert-alkyl or cyclic N) is 1. The summed E-state index contributed by atoms with van der Waals surface area (Å²) in [6.45, 7) is 3.65. The van der Waals surface area contributed by atoms with Crippen molar-refractivity contribution in [3.8, 4) is 0 Å². The Morgan fingerprint density at radius 3 is 2.52 bits per heavy atom. The number of carboxylic acid groups (broad SMARTS) is 2. The molecule has 3 heterocycles. The van der Waals surface area contributed by atoms with Crippen molar-refractivity contribution in [3.63, 3.8) is 0 Å². The minimum Gasteiger partial charge on any atom is -0.483 e. The van der Waals surface area contributed by atoms with Crippen molar-refractivity contribution < 1.29 is 24.9 Å². The fourth-order valence-corrected chi connectivity index (χ4v) is 5.32. The third-order valence-electron chi connectivity index (χ3n) is 6.03. The molecule has 0 bridgehead atoms. The molecular weight excluding hydrogens is 418 g/mol. The van der Waals surface area contributed by atoms with Gasteiger partial charge >= 0.3 is 5.97 Å². The van der Waals surface area contributed by atoms with Gasteiger partial charge < -0.3 is 20.2 Å². The van der Waals surface area contributed by atoms with Gasteiger partial charge in [0.05, 0.1) is 6.10 Å². The second-order valence-corrected chi connectivity index (χ2v) is 9.13. The number of aliphatic hydroxyl groups is 1. The standard InChI is InChI=1S/C21H27N3O3S.CH2O2/c25-18-15-23(14-17-13-22-20(28-17)24-9-4-5-10-24)11-8-21(18,19(26)27)12-16-6-2-1-3-7-16;2-1-3/h1-3,6-7,13,18,25H,4-5,8-12,14-15H2,(H,26,27);1H,(H,2,3)/t18-,21+;/m0./s1.